The number of aliphatic hydroxyl groups is 2. The Labute approximate surface area is 183 Å². The summed E-state index contributed by atoms with van der Waals surface area (Å²) in [5, 5.41) is 21.2. The van der Waals surface area contributed by atoms with Gasteiger partial charge in [-0.1, -0.05) is 32.4 Å². The van der Waals surface area contributed by atoms with Crippen LogP contribution in [0.25, 0.3) is 0 Å². The van der Waals surface area contributed by atoms with Gasteiger partial charge in [-0.15, -0.1) is 0 Å². The van der Waals surface area contributed by atoms with E-state index in [9.17, 15) is 10.2 Å². The summed E-state index contributed by atoms with van der Waals surface area (Å²) in [6.07, 6.45) is 13.3. The number of fused-ring (bicyclic) bond motifs is 9. The SMILES string of the molecule is C[C@@H]1CC[C@@H]2[C@H](C)[C@H]3[C@H](C[C@H]4[C@@H]5CC=C6C[C@@H](O)CC[C@]6(C)[C@H]5CC[C@]34CO)N2C1. The first-order valence-electron chi connectivity index (χ1n) is 13.1. The first-order valence-corrected chi connectivity index (χ1v) is 13.1. The summed E-state index contributed by atoms with van der Waals surface area (Å²) in [7, 11) is 0. The normalized spacial score (nSPS) is 57.6. The van der Waals surface area contributed by atoms with E-state index >= 15 is 0 Å². The van der Waals surface area contributed by atoms with E-state index in [1.54, 1.807) is 5.57 Å². The van der Waals surface area contributed by atoms with Gasteiger partial charge in [-0.05, 0) is 98.7 Å². The van der Waals surface area contributed by atoms with Gasteiger partial charge in [-0.3, -0.25) is 4.90 Å². The fraction of sp³-hybridized carbons (Fsp3) is 0.926. The lowest BCUT2D eigenvalue weighted by Crippen LogP contribution is -2.53. The molecule has 0 aromatic carbocycles. The predicted octanol–water partition coefficient (Wildman–Crippen LogP) is 4.63. The molecular weight excluding hydrogens is 370 g/mol. The Morgan fingerprint density at radius 1 is 1.07 bits per heavy atom. The quantitative estimate of drug-likeness (QED) is 0.616. The maximum atomic E-state index is 11.0. The predicted molar refractivity (Wildman–Crippen MR) is 120 cm³/mol. The molecule has 6 rings (SSSR count). The largest absolute Gasteiger partial charge is 0.396 e. The van der Waals surface area contributed by atoms with Crippen molar-refractivity contribution in [1.29, 1.82) is 0 Å². The Hall–Kier alpha value is -0.380. The van der Waals surface area contributed by atoms with E-state index in [0.29, 0.717) is 23.9 Å². The van der Waals surface area contributed by atoms with E-state index in [-0.39, 0.29) is 11.5 Å². The lowest BCUT2D eigenvalue weighted by Gasteiger charge is -2.58. The zero-order valence-electron chi connectivity index (χ0n) is 19.4. The molecule has 2 aliphatic heterocycles. The lowest BCUT2D eigenvalue weighted by atomic mass is 9.46. The number of nitrogens with zero attached hydrogens (tertiary/aromatic N) is 1. The molecule has 4 aliphatic carbocycles. The van der Waals surface area contributed by atoms with E-state index in [1.165, 1.54) is 45.1 Å². The minimum Gasteiger partial charge on any atom is -0.396 e. The summed E-state index contributed by atoms with van der Waals surface area (Å²) >= 11 is 0. The van der Waals surface area contributed by atoms with Crippen LogP contribution in [0.15, 0.2) is 11.6 Å². The Bertz CT molecular complexity index is 734. The van der Waals surface area contributed by atoms with E-state index in [4.69, 9.17) is 0 Å². The number of aliphatic hydroxyl groups excluding tert-OH is 2. The number of hydrogen-bond donors (Lipinski definition) is 2. The zero-order chi connectivity index (χ0) is 20.8. The van der Waals surface area contributed by atoms with Gasteiger partial charge in [0.05, 0.1) is 6.10 Å². The Balaban J connectivity index is 1.35. The highest BCUT2D eigenvalue weighted by Crippen LogP contribution is 2.69. The Kier molecular flexibility index (Phi) is 4.60. The zero-order valence-corrected chi connectivity index (χ0v) is 19.4. The molecule has 0 aromatic heterocycles. The van der Waals surface area contributed by atoms with Crippen molar-refractivity contribution in [1.82, 2.24) is 4.90 Å². The topological polar surface area (TPSA) is 43.7 Å². The molecule has 6 aliphatic rings. The molecule has 3 saturated carbocycles. The molecule has 0 bridgehead atoms. The molecule has 0 amide bonds. The van der Waals surface area contributed by atoms with Gasteiger partial charge < -0.3 is 10.2 Å². The van der Waals surface area contributed by atoms with E-state index < -0.39 is 0 Å². The summed E-state index contributed by atoms with van der Waals surface area (Å²) in [4.78, 5) is 2.93. The molecule has 5 fully saturated rings. The lowest BCUT2D eigenvalue weighted by molar-refractivity contribution is -0.0890. The molecule has 0 unspecified atom stereocenters. The van der Waals surface area contributed by atoms with E-state index in [0.717, 1.165) is 55.0 Å². The summed E-state index contributed by atoms with van der Waals surface area (Å²) in [5.74, 6) is 4.48. The van der Waals surface area contributed by atoms with Crippen molar-refractivity contribution in [2.24, 2.45) is 46.3 Å². The monoisotopic (exact) mass is 413 g/mol. The van der Waals surface area contributed by atoms with Crippen molar-refractivity contribution in [3.63, 3.8) is 0 Å². The molecule has 11 atom stereocenters. The van der Waals surface area contributed by atoms with Gasteiger partial charge in [0.25, 0.3) is 0 Å². The van der Waals surface area contributed by atoms with Crippen LogP contribution in [0.1, 0.15) is 78.6 Å². The van der Waals surface area contributed by atoms with Crippen LogP contribution in [0.4, 0.5) is 0 Å². The minimum atomic E-state index is -0.120. The van der Waals surface area contributed by atoms with Gasteiger partial charge >= 0.3 is 0 Å². The molecule has 2 saturated heterocycles. The van der Waals surface area contributed by atoms with Gasteiger partial charge in [-0.25, -0.2) is 0 Å². The second-order valence-corrected chi connectivity index (χ2v) is 12.7. The number of piperidine rings is 1. The van der Waals surface area contributed by atoms with Crippen LogP contribution < -0.4 is 0 Å². The van der Waals surface area contributed by atoms with Gasteiger partial charge in [0, 0.05) is 30.7 Å². The molecule has 2 N–H and O–H groups in total. The fourth-order valence-corrected chi connectivity index (χ4v) is 10.4. The highest BCUT2D eigenvalue weighted by Gasteiger charge is 2.67. The molecule has 0 aromatic rings. The third-order valence-electron chi connectivity index (χ3n) is 11.7. The van der Waals surface area contributed by atoms with E-state index in [1.807, 2.05) is 0 Å². The molecule has 3 heteroatoms. The first kappa shape index (κ1) is 20.2. The van der Waals surface area contributed by atoms with Crippen molar-refractivity contribution >= 4 is 0 Å². The molecule has 3 nitrogen and oxygen atoms in total. The maximum absolute atomic E-state index is 11.0. The molecule has 30 heavy (non-hydrogen) atoms. The highest BCUT2D eigenvalue weighted by atomic mass is 16.3. The molecular formula is C27H43NO2. The first-order chi connectivity index (χ1) is 14.4. The van der Waals surface area contributed by atoms with Gasteiger partial charge in [0.15, 0.2) is 0 Å². The van der Waals surface area contributed by atoms with Crippen LogP contribution in [0.3, 0.4) is 0 Å². The van der Waals surface area contributed by atoms with Gasteiger partial charge in [0.1, 0.15) is 0 Å². The summed E-state index contributed by atoms with van der Waals surface area (Å²) in [6.45, 7) is 9.20. The maximum Gasteiger partial charge on any atom is 0.0577 e. The molecule has 0 radical (unpaired) electrons. The average Bonchev–Trinajstić information content (AvgIpc) is 3.22. The van der Waals surface area contributed by atoms with Crippen LogP contribution in [-0.4, -0.2) is 46.5 Å². The molecule has 168 valence electrons. The number of hydrogen-bond acceptors (Lipinski definition) is 3. The third kappa shape index (κ3) is 2.49. The van der Waals surface area contributed by atoms with Crippen molar-refractivity contribution in [2.75, 3.05) is 13.2 Å². The van der Waals surface area contributed by atoms with Crippen LogP contribution in [0.5, 0.6) is 0 Å². The smallest absolute Gasteiger partial charge is 0.0577 e. The number of allylic oxidation sites excluding steroid dienone is 1. The van der Waals surface area contributed by atoms with E-state index in [2.05, 4.69) is 31.7 Å². The fourth-order valence-electron chi connectivity index (χ4n) is 10.4. The second-order valence-electron chi connectivity index (χ2n) is 12.7. The second kappa shape index (κ2) is 6.81. The van der Waals surface area contributed by atoms with Crippen LogP contribution in [-0.2, 0) is 0 Å². The summed E-state index contributed by atoms with van der Waals surface area (Å²) in [6, 6.07) is 1.49. The van der Waals surface area contributed by atoms with Crippen LogP contribution in [0, 0.1) is 46.3 Å². The molecule has 2 heterocycles. The van der Waals surface area contributed by atoms with Crippen molar-refractivity contribution in [2.45, 2.75) is 96.7 Å². The minimum absolute atomic E-state index is 0.120. The van der Waals surface area contributed by atoms with Gasteiger partial charge in [0.2, 0.25) is 0 Å². The van der Waals surface area contributed by atoms with Crippen molar-refractivity contribution in [3.05, 3.63) is 11.6 Å². The van der Waals surface area contributed by atoms with Gasteiger partial charge in [-0.2, -0.15) is 0 Å². The molecule has 0 spiro atoms. The third-order valence-corrected chi connectivity index (χ3v) is 11.7. The standard InChI is InChI=1S/C27H43NO2/c1-16-4-7-23-17(2)25-24(28(23)14-16)13-22-20-6-5-18-12-19(30)8-10-26(18,3)21(20)9-11-27(22,25)15-29/h5,16-17,19-25,29-30H,4,6-15H2,1-3H3/t16-,17+,19+,20-,21+,22+,23-,24+,25+,26+,27-/m1/s1. The van der Waals surface area contributed by atoms with Crippen molar-refractivity contribution < 1.29 is 10.2 Å². The summed E-state index contributed by atoms with van der Waals surface area (Å²) < 4.78 is 0. The number of rotatable bonds is 1. The Morgan fingerprint density at radius 2 is 1.90 bits per heavy atom. The van der Waals surface area contributed by atoms with Crippen LogP contribution in [0.2, 0.25) is 0 Å². The average molecular weight is 414 g/mol. The van der Waals surface area contributed by atoms with Crippen LogP contribution >= 0.6 is 0 Å². The summed E-state index contributed by atoms with van der Waals surface area (Å²) in [5.41, 5.74) is 2.03. The highest BCUT2D eigenvalue weighted by molar-refractivity contribution is 5.27. The Morgan fingerprint density at radius 3 is 2.70 bits per heavy atom. The van der Waals surface area contributed by atoms with Crippen molar-refractivity contribution in [3.8, 4) is 0 Å².